The molecule has 3 aliphatic rings. The summed E-state index contributed by atoms with van der Waals surface area (Å²) < 4.78 is 13.7. The van der Waals surface area contributed by atoms with E-state index in [2.05, 4.69) is 22.4 Å². The summed E-state index contributed by atoms with van der Waals surface area (Å²) in [7, 11) is 2.02. The van der Waals surface area contributed by atoms with Gasteiger partial charge >= 0.3 is 0 Å². The topological polar surface area (TPSA) is 35.6 Å². The molecule has 2 atom stereocenters. The molecule has 3 heterocycles. The molecular formula is C21H20FN3O. The van der Waals surface area contributed by atoms with E-state index >= 15 is 0 Å². The molecule has 26 heavy (non-hydrogen) atoms. The van der Waals surface area contributed by atoms with E-state index in [-0.39, 0.29) is 18.0 Å². The Bertz CT molecular complexity index is 910. The smallest absolute Gasteiger partial charge is 0.163 e. The van der Waals surface area contributed by atoms with Gasteiger partial charge in [-0.15, -0.1) is 0 Å². The van der Waals surface area contributed by atoms with E-state index in [4.69, 9.17) is 0 Å². The van der Waals surface area contributed by atoms with Gasteiger partial charge in [0, 0.05) is 19.4 Å². The first-order valence-corrected chi connectivity index (χ1v) is 8.55. The van der Waals surface area contributed by atoms with E-state index in [0.29, 0.717) is 5.56 Å². The van der Waals surface area contributed by atoms with Crippen molar-refractivity contribution in [3.63, 3.8) is 0 Å². The normalized spacial score (nSPS) is 23.9. The lowest BCUT2D eigenvalue weighted by atomic mass is 9.88. The maximum atomic E-state index is 13.7. The first-order valence-electron chi connectivity index (χ1n) is 8.55. The second-order valence-electron chi connectivity index (χ2n) is 6.68. The molecule has 0 aromatic heterocycles. The van der Waals surface area contributed by atoms with E-state index < -0.39 is 0 Å². The van der Waals surface area contributed by atoms with Gasteiger partial charge in [-0.1, -0.05) is 18.2 Å². The van der Waals surface area contributed by atoms with Crippen LogP contribution in [0.2, 0.25) is 0 Å². The van der Waals surface area contributed by atoms with Crippen LogP contribution >= 0.6 is 0 Å². The Kier molecular flexibility index (Phi) is 3.99. The number of carbonyl (C=O) groups excluding carboxylic acids is 1. The van der Waals surface area contributed by atoms with Crippen LogP contribution in [0.4, 0.5) is 4.39 Å². The summed E-state index contributed by atoms with van der Waals surface area (Å²) in [6.45, 7) is 1.78. The second-order valence-corrected chi connectivity index (χ2v) is 6.68. The Labute approximate surface area is 152 Å². The molecule has 0 aliphatic carbocycles. The Hall–Kier alpha value is -3.08. The van der Waals surface area contributed by atoms with Crippen molar-refractivity contribution >= 4 is 6.29 Å². The molecule has 0 radical (unpaired) electrons. The van der Waals surface area contributed by atoms with Crippen LogP contribution in [0.5, 0.6) is 0 Å². The highest BCUT2D eigenvalue weighted by molar-refractivity contribution is 5.62. The quantitative estimate of drug-likeness (QED) is 0.850. The minimum absolute atomic E-state index is 0.00131. The van der Waals surface area contributed by atoms with Crippen molar-refractivity contribution in [2.24, 2.45) is 0 Å². The van der Waals surface area contributed by atoms with Crippen LogP contribution in [-0.2, 0) is 4.79 Å². The molecule has 0 bridgehead atoms. The van der Waals surface area contributed by atoms with Gasteiger partial charge in [0.1, 0.15) is 5.82 Å². The molecule has 5 heteroatoms. The van der Waals surface area contributed by atoms with E-state index in [9.17, 15) is 9.18 Å². The predicted octanol–water partition coefficient (Wildman–Crippen LogP) is 3.29. The summed E-state index contributed by atoms with van der Waals surface area (Å²) in [6.07, 6.45) is 14.5. The SMILES string of the molecule is Cc1cc(C2C(C3=CC4=CNC(C=O)N4C=C3)=CC=CN2C)ccc1F. The van der Waals surface area contributed by atoms with Crippen molar-refractivity contribution in [2.45, 2.75) is 19.1 Å². The lowest BCUT2D eigenvalue weighted by Gasteiger charge is -2.34. The molecule has 1 aromatic carbocycles. The van der Waals surface area contributed by atoms with Crippen LogP contribution in [0, 0.1) is 12.7 Å². The maximum absolute atomic E-state index is 13.7. The summed E-state index contributed by atoms with van der Waals surface area (Å²) in [6, 6.07) is 5.27. The van der Waals surface area contributed by atoms with E-state index in [1.807, 2.05) is 54.8 Å². The minimum Gasteiger partial charge on any atom is -0.369 e. The van der Waals surface area contributed by atoms with Crippen LogP contribution < -0.4 is 5.32 Å². The molecule has 0 amide bonds. The van der Waals surface area contributed by atoms with Crippen molar-refractivity contribution in [3.05, 3.63) is 94.9 Å². The van der Waals surface area contributed by atoms with Gasteiger partial charge in [0.25, 0.3) is 0 Å². The third-order valence-corrected chi connectivity index (χ3v) is 4.98. The average Bonchev–Trinajstić information content (AvgIpc) is 3.06. The number of hydrogen-bond acceptors (Lipinski definition) is 4. The number of hydrogen-bond donors (Lipinski definition) is 1. The Morgan fingerprint density at radius 1 is 1.27 bits per heavy atom. The van der Waals surface area contributed by atoms with Gasteiger partial charge in [-0.2, -0.15) is 0 Å². The largest absolute Gasteiger partial charge is 0.369 e. The fourth-order valence-corrected chi connectivity index (χ4v) is 3.62. The highest BCUT2D eigenvalue weighted by Gasteiger charge is 2.29. The minimum atomic E-state index is -0.350. The molecule has 132 valence electrons. The third kappa shape index (κ3) is 2.65. The average molecular weight is 349 g/mol. The lowest BCUT2D eigenvalue weighted by molar-refractivity contribution is -0.111. The number of allylic oxidation sites excluding steroid dienone is 4. The molecule has 0 spiro atoms. The second kappa shape index (κ2) is 6.33. The molecule has 1 N–H and O–H groups in total. The number of halogens is 1. The maximum Gasteiger partial charge on any atom is 0.163 e. The Balaban J connectivity index is 1.71. The van der Waals surface area contributed by atoms with E-state index in [0.717, 1.165) is 28.7 Å². The van der Waals surface area contributed by atoms with Crippen LogP contribution in [0.25, 0.3) is 0 Å². The summed E-state index contributed by atoms with van der Waals surface area (Å²) in [5, 5.41) is 3.05. The lowest BCUT2D eigenvalue weighted by Crippen LogP contribution is -2.35. The standard InChI is InChI=1S/C21H20FN3O/c1-14-10-16(5-6-19(14)22)21-18(4-3-8-24(21)2)15-7-9-25-17(11-15)12-23-20(25)13-26/h3-13,20-21,23H,1-2H3. The van der Waals surface area contributed by atoms with Gasteiger partial charge in [0.15, 0.2) is 12.5 Å². The number of likely N-dealkylation sites (N-methyl/N-ethyl adjacent to an activating group) is 1. The first kappa shape index (κ1) is 16.4. The van der Waals surface area contributed by atoms with Crippen molar-refractivity contribution < 1.29 is 9.18 Å². The van der Waals surface area contributed by atoms with Gasteiger partial charge in [-0.25, -0.2) is 4.39 Å². The Morgan fingerprint density at radius 2 is 2.12 bits per heavy atom. The van der Waals surface area contributed by atoms with Gasteiger partial charge in [-0.05, 0) is 59.7 Å². The molecule has 4 nitrogen and oxygen atoms in total. The van der Waals surface area contributed by atoms with Gasteiger partial charge in [0.2, 0.25) is 0 Å². The number of nitrogens with zero attached hydrogens (tertiary/aromatic N) is 2. The van der Waals surface area contributed by atoms with Crippen molar-refractivity contribution in [3.8, 4) is 0 Å². The molecule has 1 aromatic rings. The van der Waals surface area contributed by atoms with Crippen molar-refractivity contribution in [1.29, 1.82) is 0 Å². The number of aldehydes is 1. The highest BCUT2D eigenvalue weighted by Crippen LogP contribution is 2.38. The number of benzene rings is 1. The number of fused-ring (bicyclic) bond motifs is 1. The fourth-order valence-electron chi connectivity index (χ4n) is 3.62. The monoisotopic (exact) mass is 349 g/mol. The van der Waals surface area contributed by atoms with Gasteiger partial charge < -0.3 is 15.1 Å². The van der Waals surface area contributed by atoms with Gasteiger partial charge in [0.05, 0.1) is 11.7 Å². The highest BCUT2D eigenvalue weighted by atomic mass is 19.1. The molecule has 0 saturated carbocycles. The molecule has 0 fully saturated rings. The third-order valence-electron chi connectivity index (χ3n) is 4.98. The number of nitrogens with one attached hydrogen (secondary N) is 1. The van der Waals surface area contributed by atoms with Gasteiger partial charge in [-0.3, -0.25) is 4.79 Å². The van der Waals surface area contributed by atoms with E-state index in [1.54, 1.807) is 6.92 Å². The summed E-state index contributed by atoms with van der Waals surface area (Å²) >= 11 is 0. The summed E-state index contributed by atoms with van der Waals surface area (Å²) in [5.74, 6) is -0.192. The number of aryl methyl sites for hydroxylation is 1. The van der Waals surface area contributed by atoms with Crippen molar-refractivity contribution in [2.75, 3.05) is 7.05 Å². The molecular weight excluding hydrogens is 329 g/mol. The molecule has 4 rings (SSSR count). The number of rotatable bonds is 3. The number of carbonyl (C=O) groups is 1. The zero-order chi connectivity index (χ0) is 18.3. The summed E-state index contributed by atoms with van der Waals surface area (Å²) in [4.78, 5) is 15.2. The van der Waals surface area contributed by atoms with Crippen LogP contribution in [0.1, 0.15) is 17.2 Å². The molecule has 2 unspecified atom stereocenters. The molecule has 3 aliphatic heterocycles. The predicted molar refractivity (Wildman–Crippen MR) is 99.0 cm³/mol. The zero-order valence-corrected chi connectivity index (χ0v) is 14.7. The first-order chi connectivity index (χ1) is 12.6. The van der Waals surface area contributed by atoms with E-state index in [1.165, 1.54) is 6.07 Å². The molecule has 0 saturated heterocycles. The van der Waals surface area contributed by atoms with Crippen LogP contribution in [-0.4, -0.2) is 29.3 Å². The fraction of sp³-hybridized carbons (Fsp3) is 0.190. The zero-order valence-electron chi connectivity index (χ0n) is 14.7. The van der Waals surface area contributed by atoms with Crippen LogP contribution in [0.15, 0.2) is 77.9 Å². The van der Waals surface area contributed by atoms with Crippen molar-refractivity contribution in [1.82, 2.24) is 15.1 Å². The Morgan fingerprint density at radius 3 is 2.88 bits per heavy atom. The van der Waals surface area contributed by atoms with Crippen LogP contribution in [0.3, 0.4) is 0 Å². The summed E-state index contributed by atoms with van der Waals surface area (Å²) in [5.41, 5.74) is 4.84.